The first-order valence-corrected chi connectivity index (χ1v) is 6.70. The number of carbonyl (C=O) groups is 2. The Labute approximate surface area is 114 Å². The summed E-state index contributed by atoms with van der Waals surface area (Å²) in [5.74, 6) is -1.34. The van der Waals surface area contributed by atoms with Crippen molar-refractivity contribution in [3.8, 4) is 0 Å². The lowest BCUT2D eigenvalue weighted by atomic mass is 10.1. The van der Waals surface area contributed by atoms with Gasteiger partial charge in [-0.25, -0.2) is 0 Å². The number of carboxylic acid groups (broad SMARTS) is 1. The van der Waals surface area contributed by atoms with Crippen LogP contribution in [0.1, 0.15) is 23.8 Å². The molecule has 6 heteroatoms. The van der Waals surface area contributed by atoms with Crippen LogP contribution in [0.2, 0.25) is 0 Å². The number of halogens is 1. The molecule has 1 aliphatic heterocycles. The highest BCUT2D eigenvalue weighted by Crippen LogP contribution is 2.21. The summed E-state index contributed by atoms with van der Waals surface area (Å²) in [5.41, 5.74) is 0.607. The molecule has 98 valence electrons. The predicted molar refractivity (Wildman–Crippen MR) is 69.5 cm³/mol. The van der Waals surface area contributed by atoms with E-state index in [1.807, 2.05) is 17.7 Å². The molecule has 1 aromatic rings. The number of likely N-dealkylation sites (tertiary alicyclic amines) is 1. The molecule has 1 aliphatic rings. The van der Waals surface area contributed by atoms with Gasteiger partial charge in [-0.2, -0.15) is 0 Å². The summed E-state index contributed by atoms with van der Waals surface area (Å²) in [6.45, 7) is 3.50. The predicted octanol–water partition coefficient (Wildman–Crippen LogP) is 1.82. The van der Waals surface area contributed by atoms with Gasteiger partial charge in [0.2, 0.25) is 0 Å². The molecule has 1 fully saturated rings. The fourth-order valence-electron chi connectivity index (χ4n) is 2.22. The van der Waals surface area contributed by atoms with Gasteiger partial charge in [0.1, 0.15) is 5.69 Å². The van der Waals surface area contributed by atoms with E-state index in [-0.39, 0.29) is 5.91 Å². The smallest absolute Gasteiger partial charge is 0.308 e. The second-order valence-corrected chi connectivity index (χ2v) is 5.32. The SMILES string of the molecule is CCn1cc(Br)cc1C(=O)N1CCC(C(=O)O)C1. The fraction of sp³-hybridized carbons (Fsp3) is 0.500. The van der Waals surface area contributed by atoms with E-state index in [1.54, 1.807) is 11.0 Å². The standard InChI is InChI=1S/C12H15BrN2O3/c1-2-14-7-9(13)5-10(14)11(16)15-4-3-8(6-15)12(17)18/h5,7-8H,2-4,6H2,1H3,(H,17,18). The van der Waals surface area contributed by atoms with E-state index in [4.69, 9.17) is 5.11 Å². The lowest BCUT2D eigenvalue weighted by Gasteiger charge is -2.16. The summed E-state index contributed by atoms with van der Waals surface area (Å²) in [7, 11) is 0. The lowest BCUT2D eigenvalue weighted by molar-refractivity contribution is -0.141. The van der Waals surface area contributed by atoms with Crippen molar-refractivity contribution >= 4 is 27.8 Å². The normalized spacial score (nSPS) is 19.2. The summed E-state index contributed by atoms with van der Waals surface area (Å²) >= 11 is 3.35. The highest BCUT2D eigenvalue weighted by atomic mass is 79.9. The molecular weight excluding hydrogens is 300 g/mol. The van der Waals surface area contributed by atoms with Crippen LogP contribution in [0.3, 0.4) is 0 Å². The van der Waals surface area contributed by atoms with Crippen LogP contribution in [0.15, 0.2) is 16.7 Å². The molecule has 2 heterocycles. The van der Waals surface area contributed by atoms with Crippen molar-refractivity contribution in [2.75, 3.05) is 13.1 Å². The second kappa shape index (κ2) is 5.14. The zero-order chi connectivity index (χ0) is 13.3. The molecule has 1 aromatic heterocycles. The molecule has 0 radical (unpaired) electrons. The van der Waals surface area contributed by atoms with E-state index < -0.39 is 11.9 Å². The summed E-state index contributed by atoms with van der Waals surface area (Å²) < 4.78 is 2.72. The van der Waals surface area contributed by atoms with Crippen LogP contribution in [0.5, 0.6) is 0 Å². The van der Waals surface area contributed by atoms with Crippen LogP contribution >= 0.6 is 15.9 Å². The Morgan fingerprint density at radius 2 is 2.28 bits per heavy atom. The number of rotatable bonds is 3. The Balaban J connectivity index is 2.15. The highest BCUT2D eigenvalue weighted by molar-refractivity contribution is 9.10. The Kier molecular flexibility index (Phi) is 3.75. The molecule has 1 amide bonds. The Hall–Kier alpha value is -1.30. The number of hydrogen-bond donors (Lipinski definition) is 1. The second-order valence-electron chi connectivity index (χ2n) is 4.40. The van der Waals surface area contributed by atoms with Gasteiger partial charge in [-0.05, 0) is 35.3 Å². The highest BCUT2D eigenvalue weighted by Gasteiger charge is 2.32. The Morgan fingerprint density at radius 1 is 1.56 bits per heavy atom. The number of amides is 1. The molecule has 0 aromatic carbocycles. The number of nitrogens with zero attached hydrogens (tertiary/aromatic N) is 2. The van der Waals surface area contributed by atoms with E-state index >= 15 is 0 Å². The number of hydrogen-bond acceptors (Lipinski definition) is 2. The minimum atomic E-state index is -0.822. The van der Waals surface area contributed by atoms with Gasteiger partial charge in [0.05, 0.1) is 5.92 Å². The first kappa shape index (κ1) is 13.1. The molecule has 5 nitrogen and oxygen atoms in total. The Morgan fingerprint density at radius 3 is 2.83 bits per heavy atom. The van der Waals surface area contributed by atoms with Gasteiger partial charge in [-0.3, -0.25) is 9.59 Å². The maximum atomic E-state index is 12.3. The van der Waals surface area contributed by atoms with Crippen LogP contribution < -0.4 is 0 Å². The maximum absolute atomic E-state index is 12.3. The van der Waals surface area contributed by atoms with Gasteiger partial charge in [0.25, 0.3) is 5.91 Å². The molecule has 1 atom stereocenters. The molecule has 18 heavy (non-hydrogen) atoms. The third-order valence-electron chi connectivity index (χ3n) is 3.25. The molecule has 1 unspecified atom stereocenters. The van der Waals surface area contributed by atoms with Crippen LogP contribution in [0.4, 0.5) is 0 Å². The first-order valence-electron chi connectivity index (χ1n) is 5.90. The number of aromatic nitrogens is 1. The van der Waals surface area contributed by atoms with Crippen LogP contribution in [0, 0.1) is 5.92 Å². The monoisotopic (exact) mass is 314 g/mol. The van der Waals surface area contributed by atoms with E-state index in [1.165, 1.54) is 0 Å². The van der Waals surface area contributed by atoms with Gasteiger partial charge in [-0.1, -0.05) is 0 Å². The zero-order valence-corrected chi connectivity index (χ0v) is 11.7. The summed E-state index contributed by atoms with van der Waals surface area (Å²) in [5, 5.41) is 8.94. The Bertz CT molecular complexity index is 484. The summed E-state index contributed by atoms with van der Waals surface area (Å²) in [4.78, 5) is 24.8. The zero-order valence-electron chi connectivity index (χ0n) is 10.1. The molecule has 0 aliphatic carbocycles. The number of aryl methyl sites for hydroxylation is 1. The first-order chi connectivity index (χ1) is 8.52. The largest absolute Gasteiger partial charge is 0.481 e. The van der Waals surface area contributed by atoms with Gasteiger partial charge < -0.3 is 14.6 Å². The number of carbonyl (C=O) groups excluding carboxylic acids is 1. The molecule has 2 rings (SSSR count). The average molecular weight is 315 g/mol. The number of carboxylic acids is 1. The average Bonchev–Trinajstić information content (AvgIpc) is 2.94. The number of aliphatic carboxylic acids is 1. The van der Waals surface area contributed by atoms with Crippen LogP contribution in [0.25, 0.3) is 0 Å². The van der Waals surface area contributed by atoms with Crippen molar-refractivity contribution in [3.05, 3.63) is 22.4 Å². The van der Waals surface area contributed by atoms with Crippen molar-refractivity contribution in [2.45, 2.75) is 19.9 Å². The van der Waals surface area contributed by atoms with Crippen molar-refractivity contribution in [2.24, 2.45) is 5.92 Å². The third-order valence-corrected chi connectivity index (χ3v) is 3.68. The van der Waals surface area contributed by atoms with Gasteiger partial charge in [0, 0.05) is 30.3 Å². The molecule has 1 N–H and O–H groups in total. The van der Waals surface area contributed by atoms with Crippen LogP contribution in [-0.2, 0) is 11.3 Å². The van der Waals surface area contributed by atoms with Crippen molar-refractivity contribution in [1.29, 1.82) is 0 Å². The maximum Gasteiger partial charge on any atom is 0.308 e. The quantitative estimate of drug-likeness (QED) is 0.925. The van der Waals surface area contributed by atoms with E-state index in [0.717, 1.165) is 4.47 Å². The molecule has 1 saturated heterocycles. The lowest BCUT2D eigenvalue weighted by Crippen LogP contribution is -2.31. The topological polar surface area (TPSA) is 62.5 Å². The van der Waals surface area contributed by atoms with Gasteiger partial charge in [-0.15, -0.1) is 0 Å². The minimum absolute atomic E-state index is 0.0914. The van der Waals surface area contributed by atoms with Gasteiger partial charge >= 0.3 is 5.97 Å². The molecule has 0 bridgehead atoms. The van der Waals surface area contributed by atoms with Crippen LogP contribution in [-0.4, -0.2) is 39.5 Å². The molecule has 0 spiro atoms. The van der Waals surface area contributed by atoms with Gasteiger partial charge in [0.15, 0.2) is 0 Å². The summed E-state index contributed by atoms with van der Waals surface area (Å²) in [6, 6.07) is 1.78. The van der Waals surface area contributed by atoms with E-state index in [2.05, 4.69) is 15.9 Å². The third kappa shape index (κ3) is 2.43. The van der Waals surface area contributed by atoms with E-state index in [0.29, 0.717) is 31.7 Å². The fourth-order valence-corrected chi connectivity index (χ4v) is 2.69. The molecule has 0 saturated carbocycles. The van der Waals surface area contributed by atoms with Crippen molar-refractivity contribution < 1.29 is 14.7 Å². The summed E-state index contributed by atoms with van der Waals surface area (Å²) in [6.07, 6.45) is 2.40. The van der Waals surface area contributed by atoms with E-state index in [9.17, 15) is 9.59 Å². The van der Waals surface area contributed by atoms with Crippen molar-refractivity contribution in [1.82, 2.24) is 9.47 Å². The van der Waals surface area contributed by atoms with Crippen molar-refractivity contribution in [3.63, 3.8) is 0 Å². The molecular formula is C12H15BrN2O3. The minimum Gasteiger partial charge on any atom is -0.481 e.